The molecule has 0 unspecified atom stereocenters. The molecule has 17 heavy (non-hydrogen) atoms. The van der Waals surface area contributed by atoms with Crippen molar-refractivity contribution in [3.8, 4) is 0 Å². The van der Waals surface area contributed by atoms with E-state index in [0.29, 0.717) is 0 Å². The molecule has 0 atom stereocenters. The van der Waals surface area contributed by atoms with Gasteiger partial charge < -0.3 is 5.32 Å². The molecule has 88 valence electrons. The Kier molecular flexibility index (Phi) is 4.65. The molecule has 0 spiro atoms. The molecule has 0 saturated heterocycles. The third-order valence-corrected chi connectivity index (χ3v) is 2.84. The van der Waals surface area contributed by atoms with Gasteiger partial charge in [0.15, 0.2) is 0 Å². The van der Waals surface area contributed by atoms with E-state index in [0.717, 1.165) is 6.54 Å². The van der Waals surface area contributed by atoms with Crippen LogP contribution in [0.1, 0.15) is 18.4 Å². The maximum absolute atomic E-state index is 3.43. The van der Waals surface area contributed by atoms with Crippen LogP contribution >= 0.6 is 0 Å². The first kappa shape index (κ1) is 11.7. The Morgan fingerprint density at radius 2 is 1.35 bits per heavy atom. The third kappa shape index (κ3) is 4.31. The van der Waals surface area contributed by atoms with Gasteiger partial charge >= 0.3 is 0 Å². The average Bonchev–Trinajstić information content (AvgIpc) is 2.41. The van der Waals surface area contributed by atoms with Crippen molar-refractivity contribution in [2.75, 3.05) is 11.9 Å². The van der Waals surface area contributed by atoms with Crippen molar-refractivity contribution in [2.45, 2.75) is 19.3 Å². The summed E-state index contributed by atoms with van der Waals surface area (Å²) in [4.78, 5) is 0. The number of unbranched alkanes of at least 4 members (excludes halogenated alkanes) is 1. The summed E-state index contributed by atoms with van der Waals surface area (Å²) in [5.74, 6) is 0. The van der Waals surface area contributed by atoms with E-state index in [1.807, 2.05) is 6.07 Å². The van der Waals surface area contributed by atoms with Gasteiger partial charge in [-0.2, -0.15) is 0 Å². The summed E-state index contributed by atoms with van der Waals surface area (Å²) >= 11 is 0. The molecule has 0 amide bonds. The highest BCUT2D eigenvalue weighted by atomic mass is 14.9. The molecule has 0 radical (unpaired) electrons. The molecule has 2 aromatic rings. The molecule has 0 aliphatic carbocycles. The molecule has 0 aliphatic rings. The van der Waals surface area contributed by atoms with E-state index >= 15 is 0 Å². The molecule has 1 nitrogen and oxygen atoms in total. The SMILES string of the molecule is c1ccc(CCCCNc2ccccc2)cc1. The van der Waals surface area contributed by atoms with Crippen molar-refractivity contribution in [1.29, 1.82) is 0 Å². The summed E-state index contributed by atoms with van der Waals surface area (Å²) in [6.07, 6.45) is 3.63. The number of para-hydroxylation sites is 1. The quantitative estimate of drug-likeness (QED) is 0.729. The van der Waals surface area contributed by atoms with E-state index in [1.165, 1.54) is 30.5 Å². The number of anilines is 1. The second-order valence-corrected chi connectivity index (χ2v) is 4.24. The molecule has 0 saturated carbocycles. The van der Waals surface area contributed by atoms with Gasteiger partial charge in [0, 0.05) is 12.2 Å². The van der Waals surface area contributed by atoms with E-state index in [2.05, 4.69) is 59.9 Å². The van der Waals surface area contributed by atoms with Crippen molar-refractivity contribution in [2.24, 2.45) is 0 Å². The molecule has 0 aliphatic heterocycles. The standard InChI is InChI=1S/C16H19N/c1-3-9-15(10-4-1)11-7-8-14-17-16-12-5-2-6-13-16/h1-6,9-10,12-13,17H,7-8,11,14H2. The zero-order chi connectivity index (χ0) is 11.8. The molecular weight excluding hydrogens is 206 g/mol. The number of nitrogens with one attached hydrogen (secondary N) is 1. The lowest BCUT2D eigenvalue weighted by Crippen LogP contribution is -2.01. The van der Waals surface area contributed by atoms with Gasteiger partial charge in [0.2, 0.25) is 0 Å². The Balaban J connectivity index is 1.61. The number of benzene rings is 2. The molecule has 2 rings (SSSR count). The fourth-order valence-electron chi connectivity index (χ4n) is 1.89. The third-order valence-electron chi connectivity index (χ3n) is 2.84. The van der Waals surface area contributed by atoms with Crippen LogP contribution in [0, 0.1) is 0 Å². The molecule has 0 fully saturated rings. The van der Waals surface area contributed by atoms with Crippen LogP contribution in [0.5, 0.6) is 0 Å². The summed E-state index contributed by atoms with van der Waals surface area (Å²) in [5.41, 5.74) is 2.65. The van der Waals surface area contributed by atoms with Gasteiger partial charge in [-0.25, -0.2) is 0 Å². The molecule has 0 bridgehead atoms. The Labute approximate surface area is 103 Å². The lowest BCUT2D eigenvalue weighted by Gasteiger charge is -2.05. The van der Waals surface area contributed by atoms with Crippen LogP contribution < -0.4 is 5.32 Å². The Bertz CT molecular complexity index is 367. The smallest absolute Gasteiger partial charge is 0.0340 e. The molecule has 1 heteroatoms. The number of rotatable bonds is 6. The van der Waals surface area contributed by atoms with Crippen LogP contribution in [0.4, 0.5) is 5.69 Å². The largest absolute Gasteiger partial charge is 0.385 e. The minimum Gasteiger partial charge on any atom is -0.385 e. The Morgan fingerprint density at radius 1 is 0.706 bits per heavy atom. The van der Waals surface area contributed by atoms with Gasteiger partial charge in [-0.05, 0) is 37.0 Å². The lowest BCUT2D eigenvalue weighted by molar-refractivity contribution is 0.763. The fraction of sp³-hybridized carbons (Fsp3) is 0.250. The van der Waals surface area contributed by atoms with Crippen molar-refractivity contribution in [3.63, 3.8) is 0 Å². The van der Waals surface area contributed by atoms with Gasteiger partial charge in [-0.1, -0.05) is 48.5 Å². The maximum atomic E-state index is 3.43. The van der Waals surface area contributed by atoms with Crippen molar-refractivity contribution in [3.05, 3.63) is 66.2 Å². The zero-order valence-electron chi connectivity index (χ0n) is 10.1. The molecule has 0 heterocycles. The summed E-state index contributed by atoms with van der Waals surface area (Å²) in [5, 5.41) is 3.43. The predicted octanol–water partition coefficient (Wildman–Crippen LogP) is 4.12. The van der Waals surface area contributed by atoms with Gasteiger partial charge in [0.1, 0.15) is 0 Å². The maximum Gasteiger partial charge on any atom is 0.0340 e. The monoisotopic (exact) mass is 225 g/mol. The minimum atomic E-state index is 1.05. The first-order valence-corrected chi connectivity index (χ1v) is 6.28. The van der Waals surface area contributed by atoms with E-state index < -0.39 is 0 Å². The second-order valence-electron chi connectivity index (χ2n) is 4.24. The van der Waals surface area contributed by atoms with Crippen molar-refractivity contribution in [1.82, 2.24) is 0 Å². The summed E-state index contributed by atoms with van der Waals surface area (Å²) in [7, 11) is 0. The topological polar surface area (TPSA) is 12.0 Å². The highest BCUT2D eigenvalue weighted by molar-refractivity contribution is 5.42. The van der Waals surface area contributed by atoms with Gasteiger partial charge in [0.05, 0.1) is 0 Å². The van der Waals surface area contributed by atoms with E-state index in [4.69, 9.17) is 0 Å². The van der Waals surface area contributed by atoms with Crippen LogP contribution in [0.3, 0.4) is 0 Å². The Hall–Kier alpha value is -1.76. The van der Waals surface area contributed by atoms with E-state index in [-0.39, 0.29) is 0 Å². The van der Waals surface area contributed by atoms with Crippen LogP contribution in [-0.2, 0) is 6.42 Å². The molecule has 2 aromatic carbocycles. The molecular formula is C16H19N. The highest BCUT2D eigenvalue weighted by Crippen LogP contribution is 2.07. The van der Waals surface area contributed by atoms with Crippen molar-refractivity contribution < 1.29 is 0 Å². The minimum absolute atomic E-state index is 1.05. The van der Waals surface area contributed by atoms with Crippen molar-refractivity contribution >= 4 is 5.69 Å². The zero-order valence-corrected chi connectivity index (χ0v) is 10.1. The van der Waals surface area contributed by atoms with Crippen LogP contribution in [0.2, 0.25) is 0 Å². The average molecular weight is 225 g/mol. The van der Waals surface area contributed by atoms with Gasteiger partial charge in [-0.3, -0.25) is 0 Å². The Morgan fingerprint density at radius 3 is 2.06 bits per heavy atom. The van der Waals surface area contributed by atoms with Gasteiger partial charge in [0.25, 0.3) is 0 Å². The summed E-state index contributed by atoms with van der Waals surface area (Å²) in [6, 6.07) is 21.1. The number of aryl methyl sites for hydroxylation is 1. The number of hydrogen-bond acceptors (Lipinski definition) is 1. The van der Waals surface area contributed by atoms with Crippen LogP contribution in [0.25, 0.3) is 0 Å². The summed E-state index contributed by atoms with van der Waals surface area (Å²) in [6.45, 7) is 1.05. The molecule has 0 aromatic heterocycles. The fourth-order valence-corrected chi connectivity index (χ4v) is 1.89. The van der Waals surface area contributed by atoms with Crippen LogP contribution in [-0.4, -0.2) is 6.54 Å². The van der Waals surface area contributed by atoms with E-state index in [9.17, 15) is 0 Å². The first-order valence-electron chi connectivity index (χ1n) is 6.28. The highest BCUT2D eigenvalue weighted by Gasteiger charge is 1.93. The predicted molar refractivity (Wildman–Crippen MR) is 74.3 cm³/mol. The van der Waals surface area contributed by atoms with Crippen LogP contribution in [0.15, 0.2) is 60.7 Å². The lowest BCUT2D eigenvalue weighted by atomic mass is 10.1. The normalized spacial score (nSPS) is 10.1. The summed E-state index contributed by atoms with van der Waals surface area (Å²) < 4.78 is 0. The van der Waals surface area contributed by atoms with E-state index in [1.54, 1.807) is 0 Å². The second kappa shape index (κ2) is 6.74. The van der Waals surface area contributed by atoms with Gasteiger partial charge in [-0.15, -0.1) is 0 Å². The number of hydrogen-bond donors (Lipinski definition) is 1. The first-order chi connectivity index (χ1) is 8.45. The molecule has 1 N–H and O–H groups in total.